The minimum Gasteiger partial charge on any atom is -0.355 e. The Kier molecular flexibility index (Phi) is 6.51. The van der Waals surface area contributed by atoms with E-state index in [9.17, 15) is 22.4 Å². The van der Waals surface area contributed by atoms with Gasteiger partial charge in [-0.1, -0.05) is 6.07 Å². The van der Waals surface area contributed by atoms with Gasteiger partial charge in [0.2, 0.25) is 5.91 Å². The van der Waals surface area contributed by atoms with Crippen LogP contribution < -0.4 is 15.4 Å². The Hall–Kier alpha value is -2.94. The van der Waals surface area contributed by atoms with E-state index in [0.717, 1.165) is 12.1 Å². The average Bonchev–Trinajstić information content (AvgIpc) is 2.63. The van der Waals surface area contributed by atoms with Gasteiger partial charge in [-0.2, -0.15) is 0 Å². The molecule has 2 rings (SSSR count). The summed E-state index contributed by atoms with van der Waals surface area (Å²) in [6.07, 6.45) is 0. The average molecular weight is 393 g/mol. The molecular formula is C18H20FN3O4S. The van der Waals surface area contributed by atoms with Gasteiger partial charge in [0.1, 0.15) is 11.9 Å². The van der Waals surface area contributed by atoms with Crippen LogP contribution in [0.15, 0.2) is 53.4 Å². The Morgan fingerprint density at radius 1 is 1.11 bits per heavy atom. The van der Waals surface area contributed by atoms with E-state index in [2.05, 4.69) is 15.4 Å². The number of rotatable bonds is 7. The van der Waals surface area contributed by atoms with Gasteiger partial charge < -0.3 is 10.6 Å². The van der Waals surface area contributed by atoms with Gasteiger partial charge in [-0.15, -0.1) is 0 Å². The number of carbonyl (C=O) groups excluding carboxylic acids is 2. The van der Waals surface area contributed by atoms with E-state index in [4.69, 9.17) is 0 Å². The maximum absolute atomic E-state index is 12.9. The summed E-state index contributed by atoms with van der Waals surface area (Å²) in [6, 6.07) is 9.46. The van der Waals surface area contributed by atoms with Crippen molar-refractivity contribution >= 4 is 27.5 Å². The van der Waals surface area contributed by atoms with Gasteiger partial charge in [-0.05, 0) is 56.3 Å². The summed E-state index contributed by atoms with van der Waals surface area (Å²) >= 11 is 0. The lowest BCUT2D eigenvalue weighted by molar-refractivity contribution is -0.122. The third-order valence-electron chi connectivity index (χ3n) is 3.59. The summed E-state index contributed by atoms with van der Waals surface area (Å²) in [6.45, 7) is 3.72. The molecule has 0 aliphatic carbocycles. The second kappa shape index (κ2) is 8.63. The maximum Gasteiger partial charge on any atom is 0.261 e. The Labute approximate surface area is 157 Å². The Bertz CT molecular complexity index is 930. The quantitative estimate of drug-likeness (QED) is 0.668. The van der Waals surface area contributed by atoms with Crippen LogP contribution in [-0.2, 0) is 14.8 Å². The molecule has 0 saturated carbocycles. The second-order valence-corrected chi connectivity index (χ2v) is 7.41. The Balaban J connectivity index is 2.17. The zero-order valence-electron chi connectivity index (χ0n) is 14.8. The number of benzene rings is 2. The first-order valence-corrected chi connectivity index (χ1v) is 9.68. The molecular weight excluding hydrogens is 373 g/mol. The molecule has 0 spiro atoms. The minimum absolute atomic E-state index is 0.0909. The van der Waals surface area contributed by atoms with Gasteiger partial charge in [0.15, 0.2) is 0 Å². The van der Waals surface area contributed by atoms with Crippen LogP contribution in [0.5, 0.6) is 0 Å². The summed E-state index contributed by atoms with van der Waals surface area (Å²) in [5, 5.41) is 5.09. The van der Waals surface area contributed by atoms with Crippen LogP contribution in [-0.4, -0.2) is 32.8 Å². The van der Waals surface area contributed by atoms with Crippen LogP contribution >= 0.6 is 0 Å². The molecule has 27 heavy (non-hydrogen) atoms. The van der Waals surface area contributed by atoms with Gasteiger partial charge in [0.25, 0.3) is 15.9 Å². The summed E-state index contributed by atoms with van der Waals surface area (Å²) in [5.41, 5.74) is 0.282. The maximum atomic E-state index is 12.9. The molecule has 2 aromatic carbocycles. The van der Waals surface area contributed by atoms with Crippen molar-refractivity contribution in [3.05, 3.63) is 59.9 Å². The van der Waals surface area contributed by atoms with Crippen molar-refractivity contribution < 1.29 is 22.4 Å². The van der Waals surface area contributed by atoms with Crippen LogP contribution in [0.25, 0.3) is 0 Å². The molecule has 1 atom stereocenters. The monoisotopic (exact) mass is 393 g/mol. The van der Waals surface area contributed by atoms with Crippen LogP contribution in [0.4, 0.5) is 10.1 Å². The topological polar surface area (TPSA) is 104 Å². The zero-order valence-corrected chi connectivity index (χ0v) is 15.6. The lowest BCUT2D eigenvalue weighted by atomic mass is 10.2. The third-order valence-corrected chi connectivity index (χ3v) is 4.97. The number of carbonyl (C=O) groups is 2. The normalized spacial score (nSPS) is 12.1. The molecule has 0 fully saturated rings. The summed E-state index contributed by atoms with van der Waals surface area (Å²) < 4.78 is 40.2. The summed E-state index contributed by atoms with van der Waals surface area (Å²) in [4.78, 5) is 23.9. The first-order valence-electron chi connectivity index (χ1n) is 8.20. The molecule has 0 radical (unpaired) electrons. The Morgan fingerprint density at radius 2 is 1.78 bits per heavy atom. The van der Waals surface area contributed by atoms with E-state index in [1.54, 1.807) is 6.92 Å². The highest BCUT2D eigenvalue weighted by molar-refractivity contribution is 7.92. The molecule has 0 saturated heterocycles. The molecule has 3 N–H and O–H groups in total. The number of hydrogen-bond acceptors (Lipinski definition) is 4. The molecule has 9 heteroatoms. The molecule has 0 unspecified atom stereocenters. The number of halogens is 1. The van der Waals surface area contributed by atoms with E-state index in [1.165, 1.54) is 43.3 Å². The number of nitrogens with one attached hydrogen (secondary N) is 3. The fourth-order valence-electron chi connectivity index (χ4n) is 2.21. The molecule has 0 aliphatic heterocycles. The van der Waals surface area contributed by atoms with Crippen LogP contribution in [0.3, 0.4) is 0 Å². The molecule has 0 aromatic heterocycles. The van der Waals surface area contributed by atoms with Crippen molar-refractivity contribution in [3.8, 4) is 0 Å². The summed E-state index contributed by atoms with van der Waals surface area (Å²) in [5.74, 6) is -1.40. The van der Waals surface area contributed by atoms with Gasteiger partial charge in [-0.25, -0.2) is 12.8 Å². The second-order valence-electron chi connectivity index (χ2n) is 5.73. The minimum atomic E-state index is -3.97. The number of hydrogen-bond donors (Lipinski definition) is 3. The van der Waals surface area contributed by atoms with E-state index in [0.29, 0.717) is 6.54 Å². The van der Waals surface area contributed by atoms with E-state index in [1.807, 2.05) is 0 Å². The van der Waals surface area contributed by atoms with Crippen LogP contribution in [0.1, 0.15) is 24.2 Å². The summed E-state index contributed by atoms with van der Waals surface area (Å²) in [7, 11) is -3.97. The number of amides is 2. The van der Waals surface area contributed by atoms with Crippen LogP contribution in [0, 0.1) is 5.82 Å². The standard InChI is InChI=1S/C18H20FN3O4S/c1-3-20-17(23)12(2)21-18(24)13-5-4-6-16(11-13)27(25,26)22-15-9-7-14(19)8-10-15/h4-12,22H,3H2,1-2H3,(H,20,23)(H,21,24)/t12-/m1/s1. The Morgan fingerprint density at radius 3 is 2.41 bits per heavy atom. The zero-order chi connectivity index (χ0) is 20.0. The fraction of sp³-hybridized carbons (Fsp3) is 0.222. The highest BCUT2D eigenvalue weighted by Gasteiger charge is 2.19. The first-order chi connectivity index (χ1) is 12.7. The van der Waals surface area contributed by atoms with E-state index in [-0.39, 0.29) is 22.1 Å². The van der Waals surface area contributed by atoms with Crippen molar-refractivity contribution in [2.24, 2.45) is 0 Å². The lowest BCUT2D eigenvalue weighted by Gasteiger charge is -2.14. The predicted octanol–water partition coefficient (Wildman–Crippen LogP) is 1.88. The van der Waals surface area contributed by atoms with E-state index < -0.39 is 27.8 Å². The lowest BCUT2D eigenvalue weighted by Crippen LogP contribution is -2.44. The van der Waals surface area contributed by atoms with Crippen LogP contribution in [0.2, 0.25) is 0 Å². The molecule has 2 aromatic rings. The van der Waals surface area contributed by atoms with Gasteiger partial charge in [0, 0.05) is 17.8 Å². The third kappa shape index (κ3) is 5.52. The molecule has 0 bridgehead atoms. The SMILES string of the molecule is CCNC(=O)[C@@H](C)NC(=O)c1cccc(S(=O)(=O)Nc2ccc(F)cc2)c1. The predicted molar refractivity (Wildman–Crippen MR) is 99.3 cm³/mol. The number of likely N-dealkylation sites (N-methyl/N-ethyl adjacent to an activating group) is 1. The largest absolute Gasteiger partial charge is 0.355 e. The van der Waals surface area contributed by atoms with Crippen molar-refractivity contribution in [3.63, 3.8) is 0 Å². The first kappa shape index (κ1) is 20.4. The van der Waals surface area contributed by atoms with Gasteiger partial charge in [-0.3, -0.25) is 14.3 Å². The molecule has 144 valence electrons. The van der Waals surface area contributed by atoms with Crippen molar-refractivity contribution in [1.29, 1.82) is 0 Å². The van der Waals surface area contributed by atoms with Crippen molar-refractivity contribution in [1.82, 2.24) is 10.6 Å². The fourth-order valence-corrected chi connectivity index (χ4v) is 3.31. The molecule has 2 amide bonds. The smallest absolute Gasteiger partial charge is 0.261 e. The van der Waals surface area contributed by atoms with E-state index >= 15 is 0 Å². The van der Waals surface area contributed by atoms with Crippen molar-refractivity contribution in [2.45, 2.75) is 24.8 Å². The highest BCUT2D eigenvalue weighted by Crippen LogP contribution is 2.17. The molecule has 7 nitrogen and oxygen atoms in total. The molecule has 0 heterocycles. The van der Waals surface area contributed by atoms with Gasteiger partial charge >= 0.3 is 0 Å². The van der Waals surface area contributed by atoms with Gasteiger partial charge in [0.05, 0.1) is 4.90 Å². The molecule has 0 aliphatic rings. The highest BCUT2D eigenvalue weighted by atomic mass is 32.2. The number of anilines is 1. The number of sulfonamides is 1. The van der Waals surface area contributed by atoms with Crippen molar-refractivity contribution in [2.75, 3.05) is 11.3 Å².